The van der Waals surface area contributed by atoms with E-state index in [1.165, 1.54) is 0 Å². The number of rotatable bonds is 1. The number of halogens is 5. The zero-order chi connectivity index (χ0) is 13.8. The lowest BCUT2D eigenvalue weighted by Crippen LogP contribution is -2.15. The second-order valence-electron chi connectivity index (χ2n) is 2.67. The number of nitrogens with two attached hydrogens (primary N) is 1. The molecule has 17 heavy (non-hydrogen) atoms. The van der Waals surface area contributed by atoms with Crippen LogP contribution in [0.4, 0.5) is 17.6 Å². The first-order valence-corrected chi connectivity index (χ1v) is 4.97. The van der Waals surface area contributed by atoms with E-state index in [4.69, 9.17) is 17.3 Å². The molecule has 0 aliphatic carbocycles. The molecule has 1 aromatic carbocycles. The van der Waals surface area contributed by atoms with Crippen LogP contribution in [0.15, 0.2) is 12.1 Å². The molecular formula is C10H10ClF4NO. The van der Waals surface area contributed by atoms with Crippen LogP contribution in [0, 0.1) is 5.82 Å². The second kappa shape index (κ2) is 5.86. The number of primary amides is 1. The van der Waals surface area contributed by atoms with Crippen LogP contribution in [0.2, 0.25) is 5.02 Å². The van der Waals surface area contributed by atoms with Crippen LogP contribution in [-0.4, -0.2) is 5.91 Å². The van der Waals surface area contributed by atoms with E-state index in [9.17, 15) is 22.4 Å². The number of hydrogen-bond acceptors (Lipinski definition) is 1. The van der Waals surface area contributed by atoms with Crippen LogP contribution in [-0.2, 0) is 6.18 Å². The summed E-state index contributed by atoms with van der Waals surface area (Å²) in [6.07, 6.45) is -4.77. The summed E-state index contributed by atoms with van der Waals surface area (Å²) in [5, 5.41) is -0.766. The average Bonchev–Trinajstić information content (AvgIpc) is 2.22. The Morgan fingerprint density at radius 1 is 1.29 bits per heavy atom. The Hall–Kier alpha value is -1.30. The highest BCUT2D eigenvalue weighted by molar-refractivity contribution is 6.31. The van der Waals surface area contributed by atoms with Crippen molar-refractivity contribution in [3.05, 3.63) is 34.1 Å². The van der Waals surface area contributed by atoms with Gasteiger partial charge in [-0.05, 0) is 12.1 Å². The molecule has 0 spiro atoms. The number of carbonyl (C=O) groups is 1. The van der Waals surface area contributed by atoms with Crippen molar-refractivity contribution >= 4 is 17.5 Å². The molecule has 0 heterocycles. The van der Waals surface area contributed by atoms with Crippen LogP contribution in [0.25, 0.3) is 0 Å². The van der Waals surface area contributed by atoms with Gasteiger partial charge in [0.05, 0.1) is 16.1 Å². The molecule has 0 aromatic heterocycles. The third-order valence-corrected chi connectivity index (χ3v) is 1.94. The van der Waals surface area contributed by atoms with Crippen molar-refractivity contribution in [1.29, 1.82) is 0 Å². The zero-order valence-electron chi connectivity index (χ0n) is 9.03. The minimum atomic E-state index is -4.77. The topological polar surface area (TPSA) is 43.1 Å². The molecule has 0 aliphatic rings. The van der Waals surface area contributed by atoms with Crippen LogP contribution in [0.5, 0.6) is 0 Å². The minimum Gasteiger partial charge on any atom is -0.366 e. The molecule has 0 atom stereocenters. The van der Waals surface area contributed by atoms with Crippen molar-refractivity contribution in [2.24, 2.45) is 5.73 Å². The van der Waals surface area contributed by atoms with Gasteiger partial charge in [0.25, 0.3) is 5.91 Å². The second-order valence-corrected chi connectivity index (χ2v) is 3.08. The van der Waals surface area contributed by atoms with Crippen molar-refractivity contribution in [2.45, 2.75) is 20.0 Å². The molecule has 2 N–H and O–H groups in total. The van der Waals surface area contributed by atoms with Crippen molar-refractivity contribution in [2.75, 3.05) is 0 Å². The van der Waals surface area contributed by atoms with Gasteiger partial charge in [-0.15, -0.1) is 0 Å². The van der Waals surface area contributed by atoms with Gasteiger partial charge >= 0.3 is 6.18 Å². The van der Waals surface area contributed by atoms with E-state index in [0.29, 0.717) is 6.07 Å². The fourth-order valence-electron chi connectivity index (χ4n) is 0.953. The van der Waals surface area contributed by atoms with Crippen LogP contribution in [0.1, 0.15) is 29.8 Å². The highest BCUT2D eigenvalue weighted by Gasteiger charge is 2.34. The van der Waals surface area contributed by atoms with Crippen LogP contribution < -0.4 is 5.73 Å². The largest absolute Gasteiger partial charge is 0.417 e. The standard InChI is InChI=1S/C8H4ClF4NO.C2H6/c9-5-1-3(7(14)15)6(10)2-4(5)8(11,12)13;1-2/h1-2H,(H2,14,15);1-2H3. The summed E-state index contributed by atoms with van der Waals surface area (Å²) in [4.78, 5) is 10.6. The van der Waals surface area contributed by atoms with Crippen molar-refractivity contribution in [3.8, 4) is 0 Å². The van der Waals surface area contributed by atoms with Gasteiger partial charge in [0, 0.05) is 0 Å². The molecular weight excluding hydrogens is 262 g/mol. The summed E-state index contributed by atoms with van der Waals surface area (Å²) in [5.74, 6) is -2.53. The molecule has 0 saturated carbocycles. The first-order chi connectivity index (χ1) is 7.73. The van der Waals surface area contributed by atoms with Gasteiger partial charge in [-0.1, -0.05) is 25.4 Å². The van der Waals surface area contributed by atoms with Gasteiger partial charge in [-0.3, -0.25) is 4.79 Å². The molecule has 0 saturated heterocycles. The molecule has 0 radical (unpaired) electrons. The summed E-state index contributed by atoms with van der Waals surface area (Å²) in [6, 6.07) is 0.699. The maximum absolute atomic E-state index is 13.0. The summed E-state index contributed by atoms with van der Waals surface area (Å²) >= 11 is 5.24. The Morgan fingerprint density at radius 2 is 1.76 bits per heavy atom. The van der Waals surface area contributed by atoms with E-state index in [1.807, 2.05) is 13.8 Å². The zero-order valence-corrected chi connectivity index (χ0v) is 9.79. The Morgan fingerprint density at radius 3 is 2.12 bits per heavy atom. The fraction of sp³-hybridized carbons (Fsp3) is 0.300. The van der Waals surface area contributed by atoms with E-state index in [2.05, 4.69) is 0 Å². The number of alkyl halides is 3. The highest BCUT2D eigenvalue weighted by atomic mass is 35.5. The third-order valence-electron chi connectivity index (χ3n) is 1.63. The Bertz CT molecular complexity index is 418. The number of carbonyl (C=O) groups excluding carboxylic acids is 1. The molecule has 96 valence electrons. The normalized spacial score (nSPS) is 10.5. The number of hydrogen-bond donors (Lipinski definition) is 1. The summed E-state index contributed by atoms with van der Waals surface area (Å²) < 4.78 is 49.5. The summed E-state index contributed by atoms with van der Waals surface area (Å²) in [5.41, 5.74) is 2.71. The van der Waals surface area contributed by atoms with E-state index in [0.717, 1.165) is 0 Å². The lowest BCUT2D eigenvalue weighted by molar-refractivity contribution is -0.137. The minimum absolute atomic E-state index is 0.141. The average molecular weight is 272 g/mol. The Labute approximate surface area is 100 Å². The summed E-state index contributed by atoms with van der Waals surface area (Å²) in [6.45, 7) is 4.00. The molecule has 1 aromatic rings. The third kappa shape index (κ3) is 3.89. The lowest BCUT2D eigenvalue weighted by Gasteiger charge is -2.10. The highest BCUT2D eigenvalue weighted by Crippen LogP contribution is 2.35. The van der Waals surface area contributed by atoms with Gasteiger partial charge < -0.3 is 5.73 Å². The number of amides is 1. The van der Waals surface area contributed by atoms with E-state index in [1.54, 1.807) is 0 Å². The molecule has 2 nitrogen and oxygen atoms in total. The molecule has 1 amide bonds. The van der Waals surface area contributed by atoms with Crippen LogP contribution >= 0.6 is 11.6 Å². The van der Waals surface area contributed by atoms with E-state index < -0.39 is 34.1 Å². The molecule has 0 unspecified atom stereocenters. The molecule has 0 bridgehead atoms. The smallest absolute Gasteiger partial charge is 0.366 e. The molecule has 0 aliphatic heterocycles. The van der Waals surface area contributed by atoms with Gasteiger partial charge in [-0.25, -0.2) is 4.39 Å². The van der Waals surface area contributed by atoms with Crippen molar-refractivity contribution in [1.82, 2.24) is 0 Å². The first kappa shape index (κ1) is 15.7. The Balaban J connectivity index is 0.00000121. The van der Waals surface area contributed by atoms with E-state index in [-0.39, 0.29) is 6.07 Å². The maximum atomic E-state index is 13.0. The lowest BCUT2D eigenvalue weighted by atomic mass is 10.1. The molecule has 7 heteroatoms. The number of benzene rings is 1. The fourth-order valence-corrected chi connectivity index (χ4v) is 1.22. The van der Waals surface area contributed by atoms with Gasteiger partial charge in [-0.2, -0.15) is 13.2 Å². The first-order valence-electron chi connectivity index (χ1n) is 4.59. The predicted molar refractivity (Wildman–Crippen MR) is 56.3 cm³/mol. The van der Waals surface area contributed by atoms with Crippen molar-refractivity contribution in [3.63, 3.8) is 0 Å². The predicted octanol–water partition coefficient (Wildman–Crippen LogP) is 3.62. The van der Waals surface area contributed by atoms with Gasteiger partial charge in [0.2, 0.25) is 0 Å². The molecule has 0 fully saturated rings. The van der Waals surface area contributed by atoms with E-state index >= 15 is 0 Å². The quantitative estimate of drug-likeness (QED) is 0.779. The van der Waals surface area contributed by atoms with Gasteiger partial charge in [0.15, 0.2) is 0 Å². The van der Waals surface area contributed by atoms with Crippen molar-refractivity contribution < 1.29 is 22.4 Å². The van der Waals surface area contributed by atoms with Crippen LogP contribution in [0.3, 0.4) is 0 Å². The molecule has 1 rings (SSSR count). The maximum Gasteiger partial charge on any atom is 0.417 e. The monoisotopic (exact) mass is 271 g/mol. The SMILES string of the molecule is CC.NC(=O)c1cc(Cl)c(C(F)(F)F)cc1F. The van der Waals surface area contributed by atoms with Gasteiger partial charge in [0.1, 0.15) is 5.82 Å². The summed E-state index contributed by atoms with van der Waals surface area (Å²) in [7, 11) is 0. The Kier molecular flexibility index (Phi) is 5.41.